The Morgan fingerprint density at radius 3 is 2.52 bits per heavy atom. The number of imidazole rings is 1. The molecule has 0 aliphatic rings. The molecule has 5 heteroatoms. The SMILES string of the molecule is Cc1ccccc1C(=O)NC(C)c1nc2ccccc2n1Cc1ccccc1Cl. The van der Waals surface area contributed by atoms with Crippen LogP contribution < -0.4 is 5.32 Å². The molecule has 0 bridgehead atoms. The molecule has 1 unspecified atom stereocenters. The van der Waals surface area contributed by atoms with Gasteiger partial charge in [0.2, 0.25) is 0 Å². The minimum absolute atomic E-state index is 0.105. The number of amides is 1. The molecule has 0 fully saturated rings. The van der Waals surface area contributed by atoms with Crippen molar-refractivity contribution in [2.45, 2.75) is 26.4 Å². The fourth-order valence-corrected chi connectivity index (χ4v) is 3.75. The second-order valence-corrected chi connectivity index (χ2v) is 7.55. The van der Waals surface area contributed by atoms with E-state index in [0.29, 0.717) is 17.1 Å². The summed E-state index contributed by atoms with van der Waals surface area (Å²) in [7, 11) is 0. The maximum atomic E-state index is 12.8. The third-order valence-corrected chi connectivity index (χ3v) is 5.46. The highest BCUT2D eigenvalue weighted by atomic mass is 35.5. The van der Waals surface area contributed by atoms with Gasteiger partial charge in [-0.25, -0.2) is 4.98 Å². The van der Waals surface area contributed by atoms with Gasteiger partial charge >= 0.3 is 0 Å². The van der Waals surface area contributed by atoms with Crippen molar-refractivity contribution in [2.24, 2.45) is 0 Å². The van der Waals surface area contributed by atoms with Gasteiger partial charge in [-0.3, -0.25) is 4.79 Å². The van der Waals surface area contributed by atoms with Gasteiger partial charge < -0.3 is 9.88 Å². The van der Waals surface area contributed by atoms with Gasteiger partial charge in [0.25, 0.3) is 5.91 Å². The Morgan fingerprint density at radius 1 is 1.03 bits per heavy atom. The number of rotatable bonds is 5. The van der Waals surface area contributed by atoms with Crippen molar-refractivity contribution >= 4 is 28.5 Å². The Bertz CT molecular complexity index is 1180. The predicted molar refractivity (Wildman–Crippen MR) is 117 cm³/mol. The molecule has 0 saturated heterocycles. The summed E-state index contributed by atoms with van der Waals surface area (Å²) in [5, 5.41) is 3.82. The Balaban J connectivity index is 1.70. The van der Waals surface area contributed by atoms with Gasteiger partial charge in [-0.1, -0.05) is 60.1 Å². The summed E-state index contributed by atoms with van der Waals surface area (Å²) < 4.78 is 2.12. The Kier molecular flexibility index (Phi) is 5.36. The van der Waals surface area contributed by atoms with Crippen LogP contribution in [0.4, 0.5) is 0 Å². The topological polar surface area (TPSA) is 46.9 Å². The summed E-state index contributed by atoms with van der Waals surface area (Å²) in [6.07, 6.45) is 0. The highest BCUT2D eigenvalue weighted by Gasteiger charge is 2.20. The van der Waals surface area contributed by atoms with E-state index in [-0.39, 0.29) is 11.9 Å². The van der Waals surface area contributed by atoms with Crippen LogP contribution in [0.2, 0.25) is 5.02 Å². The van der Waals surface area contributed by atoms with Crippen molar-refractivity contribution in [1.29, 1.82) is 0 Å². The van der Waals surface area contributed by atoms with Crippen LogP contribution in [0.1, 0.15) is 40.3 Å². The fraction of sp³-hybridized carbons (Fsp3) is 0.167. The zero-order chi connectivity index (χ0) is 20.4. The molecule has 1 amide bonds. The average molecular weight is 404 g/mol. The number of para-hydroxylation sites is 2. The molecule has 3 aromatic carbocycles. The Hall–Kier alpha value is -3.11. The van der Waals surface area contributed by atoms with Gasteiger partial charge in [-0.2, -0.15) is 0 Å². The maximum Gasteiger partial charge on any atom is 0.252 e. The second kappa shape index (κ2) is 8.10. The molecule has 1 atom stereocenters. The number of aromatic nitrogens is 2. The monoisotopic (exact) mass is 403 g/mol. The lowest BCUT2D eigenvalue weighted by Crippen LogP contribution is -2.29. The standard InChI is InChI=1S/C24H22ClN3O/c1-16-9-3-5-11-19(16)24(29)26-17(2)23-27-21-13-7-8-14-22(21)28(23)15-18-10-4-6-12-20(18)25/h3-14,17H,15H2,1-2H3,(H,26,29). The number of carbonyl (C=O) groups is 1. The number of nitrogens with zero attached hydrogens (tertiary/aromatic N) is 2. The molecule has 1 N–H and O–H groups in total. The van der Waals surface area contributed by atoms with Crippen molar-refractivity contribution in [3.63, 3.8) is 0 Å². The van der Waals surface area contributed by atoms with Crippen LogP contribution in [0, 0.1) is 6.92 Å². The largest absolute Gasteiger partial charge is 0.342 e. The molecular formula is C24H22ClN3O. The number of nitrogens with one attached hydrogen (secondary N) is 1. The number of fused-ring (bicyclic) bond motifs is 1. The van der Waals surface area contributed by atoms with Crippen LogP contribution in [0.15, 0.2) is 72.8 Å². The number of carbonyl (C=O) groups excluding carboxylic acids is 1. The Labute approximate surface area is 175 Å². The molecule has 0 radical (unpaired) electrons. The highest BCUT2D eigenvalue weighted by Crippen LogP contribution is 2.25. The number of aryl methyl sites for hydroxylation is 1. The van der Waals surface area contributed by atoms with E-state index < -0.39 is 0 Å². The van der Waals surface area contributed by atoms with Crippen molar-refractivity contribution in [1.82, 2.24) is 14.9 Å². The van der Waals surface area contributed by atoms with E-state index in [9.17, 15) is 4.79 Å². The van der Waals surface area contributed by atoms with E-state index >= 15 is 0 Å². The lowest BCUT2D eigenvalue weighted by atomic mass is 10.1. The van der Waals surface area contributed by atoms with E-state index in [1.54, 1.807) is 0 Å². The first-order valence-corrected chi connectivity index (χ1v) is 9.97. The Morgan fingerprint density at radius 2 is 1.72 bits per heavy atom. The summed E-state index contributed by atoms with van der Waals surface area (Å²) in [5.41, 5.74) is 4.54. The molecule has 29 heavy (non-hydrogen) atoms. The molecule has 0 aliphatic carbocycles. The van der Waals surface area contributed by atoms with Crippen LogP contribution in [-0.2, 0) is 6.54 Å². The summed E-state index contributed by atoms with van der Waals surface area (Å²) in [5.74, 6) is 0.694. The normalized spacial score (nSPS) is 12.1. The van der Waals surface area contributed by atoms with Crippen molar-refractivity contribution < 1.29 is 4.79 Å². The summed E-state index contributed by atoms with van der Waals surface area (Å²) in [6.45, 7) is 4.48. The molecule has 0 aliphatic heterocycles. The first-order chi connectivity index (χ1) is 14.0. The second-order valence-electron chi connectivity index (χ2n) is 7.15. The number of halogens is 1. The molecule has 1 aromatic heterocycles. The number of benzene rings is 3. The van der Waals surface area contributed by atoms with Crippen molar-refractivity contribution in [3.8, 4) is 0 Å². The van der Waals surface area contributed by atoms with Crippen LogP contribution in [0.3, 0.4) is 0 Å². The van der Waals surface area contributed by atoms with Gasteiger partial charge in [0.05, 0.1) is 23.6 Å². The van der Waals surface area contributed by atoms with E-state index in [2.05, 4.69) is 9.88 Å². The van der Waals surface area contributed by atoms with Gasteiger partial charge in [-0.05, 0) is 49.2 Å². The summed E-state index contributed by atoms with van der Waals surface area (Å²) >= 11 is 6.40. The molecule has 146 valence electrons. The van der Waals surface area contributed by atoms with Crippen LogP contribution in [0.25, 0.3) is 11.0 Å². The van der Waals surface area contributed by atoms with Crippen LogP contribution in [0.5, 0.6) is 0 Å². The van der Waals surface area contributed by atoms with E-state index in [4.69, 9.17) is 16.6 Å². The quantitative estimate of drug-likeness (QED) is 0.475. The maximum absolute atomic E-state index is 12.8. The zero-order valence-electron chi connectivity index (χ0n) is 16.4. The smallest absolute Gasteiger partial charge is 0.252 e. The van der Waals surface area contributed by atoms with Gasteiger partial charge in [0.15, 0.2) is 0 Å². The first kappa shape index (κ1) is 19.2. The molecule has 4 rings (SSSR count). The first-order valence-electron chi connectivity index (χ1n) is 9.59. The zero-order valence-corrected chi connectivity index (χ0v) is 17.1. The lowest BCUT2D eigenvalue weighted by molar-refractivity contribution is 0.0937. The number of hydrogen-bond acceptors (Lipinski definition) is 2. The summed E-state index contributed by atoms with van der Waals surface area (Å²) in [6, 6.07) is 23.1. The molecule has 4 aromatic rings. The third-order valence-electron chi connectivity index (χ3n) is 5.09. The third kappa shape index (κ3) is 3.89. The molecule has 1 heterocycles. The van der Waals surface area contributed by atoms with E-state index in [1.807, 2.05) is 86.6 Å². The minimum atomic E-state index is -0.267. The molecule has 0 saturated carbocycles. The number of hydrogen-bond donors (Lipinski definition) is 1. The van der Waals surface area contributed by atoms with Crippen molar-refractivity contribution in [3.05, 3.63) is 100 Å². The van der Waals surface area contributed by atoms with Crippen molar-refractivity contribution in [2.75, 3.05) is 0 Å². The fourth-order valence-electron chi connectivity index (χ4n) is 3.55. The average Bonchev–Trinajstić information content (AvgIpc) is 3.08. The summed E-state index contributed by atoms with van der Waals surface area (Å²) in [4.78, 5) is 17.6. The predicted octanol–water partition coefficient (Wildman–Crippen LogP) is 5.54. The van der Waals surface area contributed by atoms with Gasteiger partial charge in [0.1, 0.15) is 5.82 Å². The molecule has 0 spiro atoms. The van der Waals surface area contributed by atoms with E-state index in [1.165, 1.54) is 0 Å². The van der Waals surface area contributed by atoms with Gasteiger partial charge in [0, 0.05) is 10.6 Å². The van der Waals surface area contributed by atoms with Crippen LogP contribution >= 0.6 is 11.6 Å². The molecular weight excluding hydrogens is 382 g/mol. The highest BCUT2D eigenvalue weighted by molar-refractivity contribution is 6.31. The van der Waals surface area contributed by atoms with E-state index in [0.717, 1.165) is 28.0 Å². The molecule has 4 nitrogen and oxygen atoms in total. The van der Waals surface area contributed by atoms with Crippen LogP contribution in [-0.4, -0.2) is 15.5 Å². The van der Waals surface area contributed by atoms with Gasteiger partial charge in [-0.15, -0.1) is 0 Å². The minimum Gasteiger partial charge on any atom is -0.342 e. The lowest BCUT2D eigenvalue weighted by Gasteiger charge is -2.17.